The van der Waals surface area contributed by atoms with Crippen molar-refractivity contribution in [3.05, 3.63) is 34.4 Å². The number of nitrogens with one attached hydrogen (secondary N) is 1. The normalized spacial score (nSPS) is 18.5. The van der Waals surface area contributed by atoms with Crippen molar-refractivity contribution in [2.24, 2.45) is 0 Å². The number of halogens is 1. The van der Waals surface area contributed by atoms with Gasteiger partial charge in [0.15, 0.2) is 5.75 Å². The maximum absolute atomic E-state index is 14.8. The summed E-state index contributed by atoms with van der Waals surface area (Å²) in [6.45, 7) is 1.27. The Kier molecular flexibility index (Phi) is 5.38. The number of carbonyl (C=O) groups is 1. The van der Waals surface area contributed by atoms with Crippen LogP contribution in [0.25, 0.3) is 10.9 Å². The molecule has 5 nitrogen and oxygen atoms in total. The van der Waals surface area contributed by atoms with Crippen LogP contribution >= 0.6 is 0 Å². The molecular formula is C22H27FN2O3. The SMILES string of the molecule is CC(=O)Oc1cn(C2CCCC2)c2cc(NC3CCCCC3)c(F)cc2c1=O. The summed E-state index contributed by atoms with van der Waals surface area (Å²) in [5, 5.41) is 3.61. The van der Waals surface area contributed by atoms with Gasteiger partial charge in [-0.15, -0.1) is 0 Å². The molecule has 0 amide bonds. The third kappa shape index (κ3) is 3.77. The van der Waals surface area contributed by atoms with Crippen molar-refractivity contribution >= 4 is 22.6 Å². The number of nitrogens with zero attached hydrogens (tertiary/aromatic N) is 1. The van der Waals surface area contributed by atoms with E-state index in [1.807, 2.05) is 4.57 Å². The average molecular weight is 386 g/mol. The van der Waals surface area contributed by atoms with Crippen LogP contribution in [0.2, 0.25) is 0 Å². The number of pyridine rings is 1. The standard InChI is InChI=1S/C22H27FN2O3/c1-14(26)28-21-13-25(16-9-5-6-10-16)20-12-19(18(23)11-17(20)22(21)27)24-15-7-3-2-4-8-15/h11-13,15-16,24H,2-10H2,1H3. The van der Waals surface area contributed by atoms with Gasteiger partial charge < -0.3 is 14.6 Å². The lowest BCUT2D eigenvalue weighted by atomic mass is 9.95. The van der Waals surface area contributed by atoms with Crippen molar-refractivity contribution in [1.82, 2.24) is 4.57 Å². The van der Waals surface area contributed by atoms with Crippen LogP contribution in [0.15, 0.2) is 23.1 Å². The number of esters is 1. The lowest BCUT2D eigenvalue weighted by molar-refractivity contribution is -0.131. The second-order valence-electron chi connectivity index (χ2n) is 8.09. The van der Waals surface area contributed by atoms with Crippen molar-refractivity contribution in [3.8, 4) is 5.75 Å². The van der Waals surface area contributed by atoms with Crippen LogP contribution < -0.4 is 15.5 Å². The van der Waals surface area contributed by atoms with Crippen molar-refractivity contribution in [1.29, 1.82) is 0 Å². The number of hydrogen-bond donors (Lipinski definition) is 1. The topological polar surface area (TPSA) is 60.3 Å². The van der Waals surface area contributed by atoms with E-state index in [1.54, 1.807) is 12.3 Å². The fourth-order valence-electron chi connectivity index (χ4n) is 4.63. The van der Waals surface area contributed by atoms with Crippen molar-refractivity contribution in [2.75, 3.05) is 5.32 Å². The molecule has 2 aliphatic carbocycles. The predicted molar refractivity (Wildman–Crippen MR) is 107 cm³/mol. The number of anilines is 1. The molecule has 1 heterocycles. The molecule has 1 N–H and O–H groups in total. The van der Waals surface area contributed by atoms with Gasteiger partial charge in [0.05, 0.1) is 22.8 Å². The number of carbonyl (C=O) groups excluding carboxylic acids is 1. The van der Waals surface area contributed by atoms with E-state index in [2.05, 4.69) is 5.32 Å². The van der Waals surface area contributed by atoms with Crippen molar-refractivity contribution < 1.29 is 13.9 Å². The Morgan fingerprint density at radius 1 is 1.11 bits per heavy atom. The molecule has 2 aliphatic rings. The van der Waals surface area contributed by atoms with Crippen LogP contribution in [-0.2, 0) is 4.79 Å². The monoisotopic (exact) mass is 386 g/mol. The van der Waals surface area contributed by atoms with Crippen molar-refractivity contribution in [3.63, 3.8) is 0 Å². The van der Waals surface area contributed by atoms with Crippen LogP contribution in [0.5, 0.6) is 5.75 Å². The zero-order valence-corrected chi connectivity index (χ0v) is 16.3. The van der Waals surface area contributed by atoms with Gasteiger partial charge in [0.25, 0.3) is 0 Å². The Balaban J connectivity index is 1.82. The summed E-state index contributed by atoms with van der Waals surface area (Å²) in [6.07, 6.45) is 11.5. The van der Waals surface area contributed by atoms with Crippen LogP contribution in [0.1, 0.15) is 70.8 Å². The summed E-state index contributed by atoms with van der Waals surface area (Å²) in [6, 6.07) is 3.55. The minimum absolute atomic E-state index is 0.0284. The lowest BCUT2D eigenvalue weighted by Gasteiger charge is -2.25. The van der Waals surface area contributed by atoms with E-state index in [1.165, 1.54) is 19.4 Å². The second kappa shape index (κ2) is 7.94. The van der Waals surface area contributed by atoms with Gasteiger partial charge in [-0.1, -0.05) is 32.1 Å². The van der Waals surface area contributed by atoms with E-state index < -0.39 is 17.2 Å². The van der Waals surface area contributed by atoms with E-state index in [0.29, 0.717) is 11.2 Å². The number of benzene rings is 1. The van der Waals surface area contributed by atoms with Gasteiger partial charge in [0, 0.05) is 19.0 Å². The Hall–Kier alpha value is -2.37. The van der Waals surface area contributed by atoms with Gasteiger partial charge in [0.2, 0.25) is 5.43 Å². The summed E-state index contributed by atoms with van der Waals surface area (Å²) in [7, 11) is 0. The van der Waals surface area contributed by atoms with Gasteiger partial charge >= 0.3 is 5.97 Å². The number of aromatic nitrogens is 1. The molecule has 0 unspecified atom stereocenters. The van der Waals surface area contributed by atoms with Gasteiger partial charge in [-0.25, -0.2) is 4.39 Å². The highest BCUT2D eigenvalue weighted by molar-refractivity contribution is 5.85. The maximum atomic E-state index is 14.8. The quantitative estimate of drug-likeness (QED) is 0.757. The number of ether oxygens (including phenoxy) is 1. The highest BCUT2D eigenvalue weighted by Gasteiger charge is 2.23. The molecule has 2 fully saturated rings. The molecule has 0 aliphatic heterocycles. The fourth-order valence-corrected chi connectivity index (χ4v) is 4.63. The van der Waals surface area contributed by atoms with E-state index in [-0.39, 0.29) is 23.2 Å². The average Bonchev–Trinajstić information content (AvgIpc) is 3.20. The molecular weight excluding hydrogens is 359 g/mol. The molecule has 28 heavy (non-hydrogen) atoms. The van der Waals surface area contributed by atoms with Gasteiger partial charge in [-0.2, -0.15) is 0 Å². The van der Waals surface area contributed by atoms with Crippen LogP contribution in [0, 0.1) is 5.82 Å². The van der Waals surface area contributed by atoms with E-state index >= 15 is 0 Å². The van der Waals surface area contributed by atoms with Crippen LogP contribution in [-0.4, -0.2) is 16.6 Å². The molecule has 2 aromatic rings. The Bertz CT molecular complexity index is 941. The summed E-state index contributed by atoms with van der Waals surface area (Å²) >= 11 is 0. The number of rotatable bonds is 4. The first-order valence-corrected chi connectivity index (χ1v) is 10.4. The Morgan fingerprint density at radius 2 is 1.79 bits per heavy atom. The number of hydrogen-bond acceptors (Lipinski definition) is 4. The predicted octanol–water partition coefficient (Wildman–Crippen LogP) is 4.93. The summed E-state index contributed by atoms with van der Waals surface area (Å²) < 4.78 is 22.0. The van der Waals surface area contributed by atoms with Crippen LogP contribution in [0.4, 0.5) is 10.1 Å². The van der Waals surface area contributed by atoms with E-state index in [9.17, 15) is 14.0 Å². The first kappa shape index (κ1) is 19.0. The van der Waals surface area contributed by atoms with Crippen LogP contribution in [0.3, 0.4) is 0 Å². The zero-order valence-electron chi connectivity index (χ0n) is 16.3. The smallest absolute Gasteiger partial charge is 0.308 e. The summed E-state index contributed by atoms with van der Waals surface area (Å²) in [4.78, 5) is 24.2. The third-order valence-electron chi connectivity index (χ3n) is 6.02. The van der Waals surface area contributed by atoms with Crippen molar-refractivity contribution in [2.45, 2.75) is 76.8 Å². The van der Waals surface area contributed by atoms with E-state index in [4.69, 9.17) is 4.74 Å². The molecule has 2 saturated carbocycles. The highest BCUT2D eigenvalue weighted by Crippen LogP contribution is 2.34. The summed E-state index contributed by atoms with van der Waals surface area (Å²) in [5.41, 5.74) is 0.709. The van der Waals surface area contributed by atoms with Gasteiger partial charge in [-0.05, 0) is 37.8 Å². The third-order valence-corrected chi connectivity index (χ3v) is 6.02. The molecule has 0 radical (unpaired) electrons. The number of fused-ring (bicyclic) bond motifs is 1. The molecule has 0 atom stereocenters. The second-order valence-corrected chi connectivity index (χ2v) is 8.09. The molecule has 0 saturated heterocycles. The van der Waals surface area contributed by atoms with Gasteiger partial charge in [0.1, 0.15) is 5.82 Å². The highest BCUT2D eigenvalue weighted by atomic mass is 19.1. The minimum atomic E-state index is -0.550. The lowest BCUT2D eigenvalue weighted by Crippen LogP contribution is -2.23. The molecule has 4 rings (SSSR count). The molecule has 6 heteroatoms. The molecule has 0 spiro atoms. The first-order valence-electron chi connectivity index (χ1n) is 10.4. The Morgan fingerprint density at radius 3 is 2.46 bits per heavy atom. The zero-order chi connectivity index (χ0) is 19.7. The maximum Gasteiger partial charge on any atom is 0.308 e. The molecule has 1 aromatic carbocycles. The van der Waals surface area contributed by atoms with Gasteiger partial charge in [-0.3, -0.25) is 9.59 Å². The molecule has 1 aromatic heterocycles. The summed E-state index contributed by atoms with van der Waals surface area (Å²) in [5.74, 6) is -1.02. The first-order chi connectivity index (χ1) is 13.5. The molecule has 0 bridgehead atoms. The fraction of sp³-hybridized carbons (Fsp3) is 0.545. The molecule has 150 valence electrons. The minimum Gasteiger partial charge on any atom is -0.421 e. The van der Waals surface area contributed by atoms with E-state index in [0.717, 1.165) is 51.4 Å². The Labute approximate surface area is 163 Å². The largest absolute Gasteiger partial charge is 0.421 e.